The summed E-state index contributed by atoms with van der Waals surface area (Å²) in [4.78, 5) is 22.9. The van der Waals surface area contributed by atoms with E-state index in [1.807, 2.05) is 41.8 Å². The lowest BCUT2D eigenvalue weighted by atomic mass is 9.89. The number of pyridine rings is 1. The molecule has 7 nitrogen and oxygen atoms in total. The van der Waals surface area contributed by atoms with E-state index in [0.29, 0.717) is 41.7 Å². The zero-order valence-electron chi connectivity index (χ0n) is 21.5. The van der Waals surface area contributed by atoms with Crippen molar-refractivity contribution in [1.29, 1.82) is 0 Å². The second kappa shape index (κ2) is 9.76. The van der Waals surface area contributed by atoms with Crippen molar-refractivity contribution in [2.75, 3.05) is 0 Å². The summed E-state index contributed by atoms with van der Waals surface area (Å²) < 4.78 is 21.3. The molecule has 0 saturated carbocycles. The Bertz CT molecular complexity index is 1560. The summed E-state index contributed by atoms with van der Waals surface area (Å²) >= 11 is 0. The number of nitrogens with one attached hydrogen (secondary N) is 1. The van der Waals surface area contributed by atoms with Gasteiger partial charge in [0.25, 0.3) is 11.6 Å². The molecule has 1 N–H and O–H groups in total. The second-order valence-electron chi connectivity index (χ2n) is 10.5. The molecule has 5 rings (SSSR count). The summed E-state index contributed by atoms with van der Waals surface area (Å²) in [6, 6.07) is 15.4. The van der Waals surface area contributed by atoms with Crippen LogP contribution in [-0.2, 0) is 19.4 Å². The van der Waals surface area contributed by atoms with Crippen LogP contribution in [0, 0.1) is 11.2 Å². The third-order valence-electron chi connectivity index (χ3n) is 6.36. The maximum atomic E-state index is 13.9. The Morgan fingerprint density at radius 1 is 1.14 bits per heavy atom. The first-order valence-electron chi connectivity index (χ1n) is 12.5. The SMILES string of the molecule is CCc1cc(C(=O)NC(Cn2cnc3ccccc32)c2ccc(F)cc2)c2c(CC(C)(C)C)noc2n1. The first-order valence-corrected chi connectivity index (χ1v) is 12.5. The summed E-state index contributed by atoms with van der Waals surface area (Å²) in [6.07, 6.45) is 3.04. The van der Waals surface area contributed by atoms with Crippen LogP contribution in [0.2, 0.25) is 0 Å². The van der Waals surface area contributed by atoms with Crippen LogP contribution in [0.5, 0.6) is 0 Å². The highest BCUT2D eigenvalue weighted by atomic mass is 19.1. The molecule has 0 aliphatic carbocycles. The number of nitrogens with zero attached hydrogens (tertiary/aromatic N) is 4. The fraction of sp³-hybridized carbons (Fsp3) is 0.310. The topological polar surface area (TPSA) is 85.8 Å². The molecule has 190 valence electrons. The third kappa shape index (κ3) is 5.23. The largest absolute Gasteiger partial charge is 0.343 e. The lowest BCUT2D eigenvalue weighted by Gasteiger charge is -2.21. The Morgan fingerprint density at radius 2 is 1.89 bits per heavy atom. The molecule has 0 bridgehead atoms. The molecule has 3 aromatic heterocycles. The molecule has 1 atom stereocenters. The highest BCUT2D eigenvalue weighted by molar-refractivity contribution is 6.06. The summed E-state index contributed by atoms with van der Waals surface area (Å²) in [5.74, 6) is -0.596. The molecule has 0 aliphatic rings. The number of carbonyl (C=O) groups excluding carboxylic acids is 1. The highest BCUT2D eigenvalue weighted by Gasteiger charge is 2.25. The van der Waals surface area contributed by atoms with E-state index >= 15 is 0 Å². The van der Waals surface area contributed by atoms with Gasteiger partial charge in [-0.1, -0.05) is 57.1 Å². The number of para-hydroxylation sites is 2. The number of benzene rings is 2. The van der Waals surface area contributed by atoms with Crippen molar-refractivity contribution in [3.8, 4) is 0 Å². The van der Waals surface area contributed by atoms with Gasteiger partial charge in [-0.25, -0.2) is 14.4 Å². The Morgan fingerprint density at radius 3 is 2.62 bits per heavy atom. The lowest BCUT2D eigenvalue weighted by molar-refractivity contribution is 0.0934. The quantitative estimate of drug-likeness (QED) is 0.295. The number of aryl methyl sites for hydroxylation is 1. The number of imidazole rings is 1. The van der Waals surface area contributed by atoms with Crippen molar-refractivity contribution in [3.05, 3.63) is 89.3 Å². The maximum Gasteiger partial charge on any atom is 0.259 e. The number of aromatic nitrogens is 4. The molecule has 0 radical (unpaired) electrons. The van der Waals surface area contributed by atoms with Crippen LogP contribution in [0.15, 0.2) is 65.4 Å². The van der Waals surface area contributed by atoms with E-state index in [0.717, 1.165) is 22.3 Å². The molecule has 0 aliphatic heterocycles. The minimum atomic E-state index is -0.440. The van der Waals surface area contributed by atoms with Gasteiger partial charge in [-0.15, -0.1) is 0 Å². The van der Waals surface area contributed by atoms with E-state index in [2.05, 4.69) is 41.2 Å². The molecular formula is C29H30FN5O2. The van der Waals surface area contributed by atoms with Gasteiger partial charge in [-0.05, 0) is 54.2 Å². The summed E-state index contributed by atoms with van der Waals surface area (Å²) in [5, 5.41) is 8.09. The monoisotopic (exact) mass is 499 g/mol. The maximum absolute atomic E-state index is 13.9. The van der Waals surface area contributed by atoms with Gasteiger partial charge < -0.3 is 14.4 Å². The van der Waals surface area contributed by atoms with Crippen molar-refractivity contribution in [1.82, 2.24) is 25.0 Å². The minimum Gasteiger partial charge on any atom is -0.343 e. The summed E-state index contributed by atoms with van der Waals surface area (Å²) in [5.41, 5.74) is 4.85. The number of fused-ring (bicyclic) bond motifs is 2. The van der Waals surface area contributed by atoms with Crippen molar-refractivity contribution >= 4 is 28.0 Å². The van der Waals surface area contributed by atoms with Crippen LogP contribution in [0.4, 0.5) is 4.39 Å². The molecule has 1 amide bonds. The molecule has 5 aromatic rings. The number of amides is 1. The zero-order chi connectivity index (χ0) is 26.2. The van der Waals surface area contributed by atoms with Gasteiger partial charge in [0.1, 0.15) is 5.82 Å². The molecule has 2 aromatic carbocycles. The van der Waals surface area contributed by atoms with E-state index in [4.69, 9.17) is 4.52 Å². The summed E-state index contributed by atoms with van der Waals surface area (Å²) in [6.45, 7) is 8.74. The Labute approximate surface area is 214 Å². The van der Waals surface area contributed by atoms with Crippen LogP contribution >= 0.6 is 0 Å². The van der Waals surface area contributed by atoms with Gasteiger partial charge in [-0.3, -0.25) is 4.79 Å². The second-order valence-corrected chi connectivity index (χ2v) is 10.5. The van der Waals surface area contributed by atoms with Gasteiger partial charge in [0.15, 0.2) is 0 Å². The number of rotatable bonds is 7. The van der Waals surface area contributed by atoms with E-state index in [9.17, 15) is 9.18 Å². The number of halogens is 1. The average Bonchev–Trinajstić information content (AvgIpc) is 3.46. The first kappa shape index (κ1) is 24.6. The van der Waals surface area contributed by atoms with Crippen molar-refractivity contribution in [3.63, 3.8) is 0 Å². The minimum absolute atomic E-state index is 0.0555. The molecule has 0 saturated heterocycles. The molecule has 1 unspecified atom stereocenters. The van der Waals surface area contributed by atoms with Crippen LogP contribution in [0.3, 0.4) is 0 Å². The Balaban J connectivity index is 1.55. The van der Waals surface area contributed by atoms with Gasteiger partial charge in [-0.2, -0.15) is 0 Å². The standard InChI is InChI=1S/C29H30FN5O2/c1-5-20-14-21(26-23(15-29(2,3)4)34-37-28(26)32-20)27(36)33-24(18-10-12-19(30)13-11-18)16-35-17-31-22-8-6-7-9-25(22)35/h6-14,17,24H,5,15-16H2,1-4H3,(H,33,36). The molecule has 3 heterocycles. The first-order chi connectivity index (χ1) is 17.7. The van der Waals surface area contributed by atoms with Gasteiger partial charge in [0, 0.05) is 12.2 Å². The molecular weight excluding hydrogens is 469 g/mol. The zero-order valence-corrected chi connectivity index (χ0v) is 21.5. The van der Waals surface area contributed by atoms with E-state index in [-0.39, 0.29) is 17.1 Å². The number of carbonyl (C=O) groups is 1. The molecule has 37 heavy (non-hydrogen) atoms. The van der Waals surface area contributed by atoms with Gasteiger partial charge >= 0.3 is 0 Å². The number of hydrogen-bond donors (Lipinski definition) is 1. The normalized spacial score (nSPS) is 12.8. The Hall–Kier alpha value is -4.07. The fourth-order valence-electron chi connectivity index (χ4n) is 4.56. The molecule has 0 fully saturated rings. The van der Waals surface area contributed by atoms with E-state index in [1.165, 1.54) is 12.1 Å². The van der Waals surface area contributed by atoms with Crippen molar-refractivity contribution in [2.24, 2.45) is 5.41 Å². The smallest absolute Gasteiger partial charge is 0.259 e. The van der Waals surface area contributed by atoms with Crippen LogP contribution in [0.1, 0.15) is 61.0 Å². The molecule has 8 heteroatoms. The predicted molar refractivity (Wildman–Crippen MR) is 141 cm³/mol. The van der Waals surface area contributed by atoms with Gasteiger partial charge in [0.05, 0.1) is 40.0 Å². The lowest BCUT2D eigenvalue weighted by Crippen LogP contribution is -2.31. The fourth-order valence-corrected chi connectivity index (χ4v) is 4.56. The van der Waals surface area contributed by atoms with Gasteiger partial charge in [0.2, 0.25) is 0 Å². The van der Waals surface area contributed by atoms with E-state index in [1.54, 1.807) is 18.5 Å². The Kier molecular flexibility index (Phi) is 6.50. The number of hydrogen-bond acceptors (Lipinski definition) is 5. The van der Waals surface area contributed by atoms with Crippen LogP contribution in [-0.4, -0.2) is 25.6 Å². The summed E-state index contributed by atoms with van der Waals surface area (Å²) in [7, 11) is 0. The van der Waals surface area contributed by atoms with Crippen LogP contribution < -0.4 is 5.32 Å². The average molecular weight is 500 g/mol. The van der Waals surface area contributed by atoms with E-state index < -0.39 is 6.04 Å². The van der Waals surface area contributed by atoms with Crippen LogP contribution in [0.25, 0.3) is 22.1 Å². The predicted octanol–water partition coefficient (Wildman–Crippen LogP) is 6.03. The third-order valence-corrected chi connectivity index (χ3v) is 6.36. The van der Waals surface area contributed by atoms with Crippen molar-refractivity contribution < 1.29 is 13.7 Å². The highest BCUT2D eigenvalue weighted by Crippen LogP contribution is 2.29. The molecule has 0 spiro atoms. The van der Waals surface area contributed by atoms with Crippen molar-refractivity contribution in [2.45, 2.75) is 53.1 Å².